The number of rotatable bonds is 6. The van der Waals surface area contributed by atoms with E-state index >= 15 is 0 Å². The maximum absolute atomic E-state index is 12.8. The normalized spacial score (nSPS) is 25.0. The second-order valence-electron chi connectivity index (χ2n) is 9.16. The lowest BCUT2D eigenvalue weighted by molar-refractivity contribution is -0.121. The Morgan fingerprint density at radius 2 is 1.63 bits per heavy atom. The predicted octanol–water partition coefficient (Wildman–Crippen LogP) is 5.05. The Kier molecular flexibility index (Phi) is 6.49. The Morgan fingerprint density at radius 3 is 2.41 bits per heavy atom. The number of hydrogen-bond acceptors (Lipinski definition) is 3. The highest BCUT2D eigenvalue weighted by molar-refractivity contribution is 5.89. The highest BCUT2D eigenvalue weighted by Crippen LogP contribution is 2.31. The van der Waals surface area contributed by atoms with Crippen molar-refractivity contribution >= 4 is 11.5 Å². The van der Waals surface area contributed by atoms with Crippen molar-refractivity contribution in [3.05, 3.63) is 29.8 Å². The molecular weight excluding hydrogens is 332 g/mol. The molecule has 2 fully saturated rings. The lowest BCUT2D eigenvalue weighted by Gasteiger charge is -2.34. The first-order valence-electron chi connectivity index (χ1n) is 11.4. The van der Waals surface area contributed by atoms with Gasteiger partial charge < -0.3 is 5.32 Å². The number of likely N-dealkylation sites (tertiary alicyclic amines) is 1. The van der Waals surface area contributed by atoms with Crippen LogP contribution < -0.4 is 5.32 Å². The number of hydrogen-bond donors (Lipinski definition) is 1. The summed E-state index contributed by atoms with van der Waals surface area (Å²) >= 11 is 0. The fourth-order valence-corrected chi connectivity index (χ4v) is 5.39. The third-order valence-corrected chi connectivity index (χ3v) is 7.23. The number of Topliss-reactive ketones (excluding diaryl/α,β-unsaturated/α-hetero) is 1. The number of ketones is 1. The van der Waals surface area contributed by atoms with Gasteiger partial charge in [-0.2, -0.15) is 0 Å². The fourth-order valence-electron chi connectivity index (χ4n) is 5.39. The van der Waals surface area contributed by atoms with Gasteiger partial charge in [-0.05, 0) is 62.2 Å². The lowest BCUT2D eigenvalue weighted by atomic mass is 9.82. The minimum Gasteiger partial charge on any atom is -0.375 e. The standard InChI is InChI=1S/C24H36N2O/c27-24(23-13-12-21-8-4-5-9-22(21)25-23)18-26-16-14-20(15-17-26)11-10-19-6-2-1-3-7-19/h4-5,8-9,19-20,23,25H,1-3,6-7,10-18H2. The summed E-state index contributed by atoms with van der Waals surface area (Å²) in [4.78, 5) is 15.2. The number of fused-ring (bicyclic) bond motifs is 1. The average molecular weight is 369 g/mol. The van der Waals surface area contributed by atoms with E-state index in [1.807, 2.05) is 0 Å². The monoisotopic (exact) mass is 368 g/mol. The first-order valence-corrected chi connectivity index (χ1v) is 11.4. The largest absolute Gasteiger partial charge is 0.375 e. The maximum Gasteiger partial charge on any atom is 0.168 e. The molecule has 0 bridgehead atoms. The van der Waals surface area contributed by atoms with Gasteiger partial charge in [-0.15, -0.1) is 0 Å². The van der Waals surface area contributed by atoms with E-state index in [9.17, 15) is 4.79 Å². The molecule has 0 spiro atoms. The second kappa shape index (κ2) is 9.23. The highest BCUT2D eigenvalue weighted by Gasteiger charge is 2.27. The van der Waals surface area contributed by atoms with E-state index in [-0.39, 0.29) is 6.04 Å². The molecule has 1 aliphatic carbocycles. The van der Waals surface area contributed by atoms with Crippen LogP contribution in [-0.2, 0) is 11.2 Å². The number of carbonyl (C=O) groups excluding carboxylic acids is 1. The first kappa shape index (κ1) is 19.0. The summed E-state index contributed by atoms with van der Waals surface area (Å²) < 4.78 is 0. The molecule has 3 heteroatoms. The minimum atomic E-state index is 0.00363. The van der Waals surface area contributed by atoms with E-state index in [2.05, 4.69) is 34.5 Å². The number of carbonyl (C=O) groups is 1. The van der Waals surface area contributed by atoms with Crippen LogP contribution in [0.5, 0.6) is 0 Å². The number of nitrogens with zero attached hydrogens (tertiary/aromatic N) is 1. The quantitative estimate of drug-likeness (QED) is 0.762. The van der Waals surface area contributed by atoms with Crippen molar-refractivity contribution in [2.24, 2.45) is 11.8 Å². The number of nitrogens with one attached hydrogen (secondary N) is 1. The van der Waals surface area contributed by atoms with Gasteiger partial charge in [-0.25, -0.2) is 0 Å². The molecule has 2 heterocycles. The Bertz CT molecular complexity index is 615. The van der Waals surface area contributed by atoms with Gasteiger partial charge in [-0.3, -0.25) is 9.69 Å². The Labute approximate surface area is 164 Å². The second-order valence-corrected chi connectivity index (χ2v) is 9.16. The van der Waals surface area contributed by atoms with Crippen molar-refractivity contribution in [2.75, 3.05) is 25.0 Å². The van der Waals surface area contributed by atoms with Gasteiger partial charge in [-0.1, -0.05) is 63.1 Å². The van der Waals surface area contributed by atoms with Gasteiger partial charge in [0.25, 0.3) is 0 Å². The molecule has 27 heavy (non-hydrogen) atoms. The molecule has 0 aromatic heterocycles. The summed E-state index contributed by atoms with van der Waals surface area (Å²) in [7, 11) is 0. The number of piperidine rings is 1. The van der Waals surface area contributed by atoms with Crippen LogP contribution in [0, 0.1) is 11.8 Å². The third-order valence-electron chi connectivity index (χ3n) is 7.23. The highest BCUT2D eigenvalue weighted by atomic mass is 16.1. The first-order chi connectivity index (χ1) is 13.3. The van der Waals surface area contributed by atoms with Gasteiger partial charge in [0.2, 0.25) is 0 Å². The molecule has 4 rings (SSSR count). The fraction of sp³-hybridized carbons (Fsp3) is 0.708. The summed E-state index contributed by atoms with van der Waals surface area (Å²) in [5.41, 5.74) is 2.50. The van der Waals surface area contributed by atoms with Gasteiger partial charge in [0.1, 0.15) is 0 Å². The van der Waals surface area contributed by atoms with Gasteiger partial charge in [0, 0.05) is 5.69 Å². The smallest absolute Gasteiger partial charge is 0.168 e. The Hall–Kier alpha value is -1.35. The van der Waals surface area contributed by atoms with Crippen molar-refractivity contribution in [1.29, 1.82) is 0 Å². The average Bonchev–Trinajstić information content (AvgIpc) is 2.73. The molecule has 1 aromatic rings. The SMILES string of the molecule is O=C(CN1CCC(CCC2CCCCC2)CC1)C1CCc2ccccc2N1. The summed E-state index contributed by atoms with van der Waals surface area (Å²) in [6, 6.07) is 8.41. The number of benzene rings is 1. The van der Waals surface area contributed by atoms with Crippen LogP contribution in [0.2, 0.25) is 0 Å². The van der Waals surface area contributed by atoms with E-state index in [4.69, 9.17) is 0 Å². The van der Waals surface area contributed by atoms with Crippen molar-refractivity contribution in [2.45, 2.75) is 76.7 Å². The van der Waals surface area contributed by atoms with E-state index < -0.39 is 0 Å². The van der Waals surface area contributed by atoms with E-state index in [0.717, 1.165) is 43.5 Å². The molecule has 1 saturated carbocycles. The maximum atomic E-state index is 12.8. The van der Waals surface area contributed by atoms with Crippen LogP contribution in [0.3, 0.4) is 0 Å². The molecule has 1 atom stereocenters. The Morgan fingerprint density at radius 1 is 0.926 bits per heavy atom. The van der Waals surface area contributed by atoms with Gasteiger partial charge >= 0.3 is 0 Å². The molecule has 1 saturated heterocycles. The zero-order valence-electron chi connectivity index (χ0n) is 16.8. The van der Waals surface area contributed by atoms with Crippen LogP contribution in [0.1, 0.15) is 69.8 Å². The summed E-state index contributed by atoms with van der Waals surface area (Å²) in [6.45, 7) is 2.87. The summed E-state index contributed by atoms with van der Waals surface area (Å²) in [5.74, 6) is 2.29. The minimum absolute atomic E-state index is 0.00363. The van der Waals surface area contributed by atoms with Gasteiger partial charge in [0.15, 0.2) is 5.78 Å². The van der Waals surface area contributed by atoms with E-state index in [1.54, 1.807) is 0 Å². The van der Waals surface area contributed by atoms with Crippen LogP contribution in [0.4, 0.5) is 5.69 Å². The lowest BCUT2D eigenvalue weighted by Crippen LogP contribution is -2.43. The van der Waals surface area contributed by atoms with Crippen LogP contribution in [0.25, 0.3) is 0 Å². The van der Waals surface area contributed by atoms with Crippen LogP contribution in [0.15, 0.2) is 24.3 Å². The molecule has 0 amide bonds. The molecule has 3 nitrogen and oxygen atoms in total. The number of para-hydroxylation sites is 1. The van der Waals surface area contributed by atoms with E-state index in [1.165, 1.54) is 63.4 Å². The molecule has 2 aliphatic heterocycles. The van der Waals surface area contributed by atoms with E-state index in [0.29, 0.717) is 12.3 Å². The van der Waals surface area contributed by atoms with Crippen molar-refractivity contribution < 1.29 is 4.79 Å². The number of aryl methyl sites for hydroxylation is 1. The summed E-state index contributed by atoms with van der Waals surface area (Å²) in [5, 5.41) is 3.48. The topological polar surface area (TPSA) is 32.3 Å². The third kappa shape index (κ3) is 5.13. The molecule has 1 unspecified atom stereocenters. The zero-order chi connectivity index (χ0) is 18.5. The van der Waals surface area contributed by atoms with Crippen LogP contribution >= 0.6 is 0 Å². The van der Waals surface area contributed by atoms with Crippen molar-refractivity contribution in [3.8, 4) is 0 Å². The molecule has 1 aromatic carbocycles. The molecule has 1 N–H and O–H groups in total. The molecule has 148 valence electrons. The Balaban J connectivity index is 1.17. The van der Waals surface area contributed by atoms with Gasteiger partial charge in [0.05, 0.1) is 12.6 Å². The molecule has 3 aliphatic rings. The zero-order valence-corrected chi connectivity index (χ0v) is 16.8. The van der Waals surface area contributed by atoms with Crippen molar-refractivity contribution in [1.82, 2.24) is 4.90 Å². The van der Waals surface area contributed by atoms with Crippen molar-refractivity contribution in [3.63, 3.8) is 0 Å². The van der Waals surface area contributed by atoms with Crippen LogP contribution in [-0.4, -0.2) is 36.4 Å². The summed E-state index contributed by atoms with van der Waals surface area (Å²) in [6.07, 6.45) is 14.8. The molecular formula is C24H36N2O. The molecule has 0 radical (unpaired) electrons. The predicted molar refractivity (Wildman–Crippen MR) is 112 cm³/mol. The number of anilines is 1.